The Morgan fingerprint density at radius 1 is 1.35 bits per heavy atom. The van der Waals surface area contributed by atoms with E-state index in [1.54, 1.807) is 23.6 Å². The predicted molar refractivity (Wildman–Crippen MR) is 91.2 cm³/mol. The second-order valence-corrected chi connectivity index (χ2v) is 6.48. The molecule has 0 atom stereocenters. The highest BCUT2D eigenvalue weighted by molar-refractivity contribution is 7.09. The van der Waals surface area contributed by atoms with Gasteiger partial charge in [0, 0.05) is 18.3 Å². The number of carbonyl (C=O) groups excluding carboxylic acids is 1. The zero-order chi connectivity index (χ0) is 16.9. The van der Waals surface area contributed by atoms with E-state index in [2.05, 4.69) is 10.3 Å². The molecule has 1 aromatic carbocycles. The summed E-state index contributed by atoms with van der Waals surface area (Å²) in [6.45, 7) is 4.39. The van der Waals surface area contributed by atoms with Crippen LogP contribution in [0.3, 0.4) is 0 Å². The highest BCUT2D eigenvalue weighted by Crippen LogP contribution is 2.19. The highest BCUT2D eigenvalue weighted by Gasteiger charge is 2.27. The van der Waals surface area contributed by atoms with Crippen LogP contribution in [0.2, 0.25) is 0 Å². The smallest absolute Gasteiger partial charge is 0.271 e. The Kier molecular flexibility index (Phi) is 5.85. The van der Waals surface area contributed by atoms with Crippen LogP contribution >= 0.6 is 11.3 Å². The van der Waals surface area contributed by atoms with Crippen molar-refractivity contribution in [3.05, 3.63) is 51.7 Å². The van der Waals surface area contributed by atoms with E-state index in [4.69, 9.17) is 5.73 Å². The van der Waals surface area contributed by atoms with Crippen LogP contribution in [0.1, 0.15) is 47.7 Å². The molecule has 0 spiro atoms. The first kappa shape index (κ1) is 17.6. The van der Waals surface area contributed by atoms with Crippen molar-refractivity contribution >= 4 is 17.2 Å². The summed E-state index contributed by atoms with van der Waals surface area (Å²) in [5, 5.41) is 5.41. The topological polar surface area (TPSA) is 68.0 Å². The maximum absolute atomic E-state index is 13.7. The van der Waals surface area contributed by atoms with Crippen molar-refractivity contribution in [1.82, 2.24) is 10.3 Å². The molecule has 23 heavy (non-hydrogen) atoms. The minimum Gasteiger partial charge on any atom is -0.344 e. The molecule has 3 N–H and O–H groups in total. The van der Waals surface area contributed by atoms with E-state index in [0.717, 1.165) is 12.8 Å². The Balaban J connectivity index is 2.10. The van der Waals surface area contributed by atoms with Crippen molar-refractivity contribution in [3.63, 3.8) is 0 Å². The molecule has 124 valence electrons. The van der Waals surface area contributed by atoms with Gasteiger partial charge in [0.1, 0.15) is 11.5 Å². The number of hydrogen-bond donors (Lipinski definition) is 2. The van der Waals surface area contributed by atoms with Crippen LogP contribution in [0.4, 0.5) is 4.39 Å². The van der Waals surface area contributed by atoms with Gasteiger partial charge < -0.3 is 11.1 Å². The molecular weight excluding hydrogens is 313 g/mol. The summed E-state index contributed by atoms with van der Waals surface area (Å²) in [5.41, 5.74) is 6.35. The first-order valence-corrected chi connectivity index (χ1v) is 8.62. The first-order valence-electron chi connectivity index (χ1n) is 7.74. The molecule has 0 saturated carbocycles. The predicted octanol–water partition coefficient (Wildman–Crippen LogP) is 3.12. The summed E-state index contributed by atoms with van der Waals surface area (Å²) in [6, 6.07) is 6.60. The SMILES string of the molecule is CCC(CC)(CN)NC(=O)c1csc(Cc2ccccc2F)n1. The van der Waals surface area contributed by atoms with Crippen LogP contribution in [0, 0.1) is 5.82 Å². The Bertz CT molecular complexity index is 659. The summed E-state index contributed by atoms with van der Waals surface area (Å²) in [7, 11) is 0. The molecule has 0 aliphatic rings. The van der Waals surface area contributed by atoms with Crippen molar-refractivity contribution in [2.75, 3.05) is 6.54 Å². The normalized spacial score (nSPS) is 11.5. The van der Waals surface area contributed by atoms with Crippen molar-refractivity contribution in [2.24, 2.45) is 5.73 Å². The average Bonchev–Trinajstić information content (AvgIpc) is 3.03. The van der Waals surface area contributed by atoms with Gasteiger partial charge in [-0.2, -0.15) is 0 Å². The Morgan fingerprint density at radius 3 is 2.65 bits per heavy atom. The van der Waals surface area contributed by atoms with Crippen LogP contribution in [-0.4, -0.2) is 23.0 Å². The number of rotatable bonds is 7. The number of thiazole rings is 1. The van der Waals surface area contributed by atoms with E-state index >= 15 is 0 Å². The van der Waals surface area contributed by atoms with E-state index < -0.39 is 5.54 Å². The number of carbonyl (C=O) groups is 1. The fraction of sp³-hybridized carbons (Fsp3) is 0.412. The standard InChI is InChI=1S/C17H22FN3OS/c1-3-17(4-2,11-19)21-16(22)14-10-23-15(20-14)9-12-7-5-6-8-13(12)18/h5-8,10H,3-4,9,11,19H2,1-2H3,(H,21,22). The fourth-order valence-corrected chi connectivity index (χ4v) is 3.17. The molecule has 4 nitrogen and oxygen atoms in total. The van der Waals surface area contributed by atoms with E-state index in [1.807, 2.05) is 13.8 Å². The number of nitrogens with two attached hydrogens (primary N) is 1. The summed E-state index contributed by atoms with van der Waals surface area (Å²) >= 11 is 1.36. The van der Waals surface area contributed by atoms with Gasteiger partial charge in [0.15, 0.2) is 0 Å². The number of nitrogens with one attached hydrogen (secondary N) is 1. The number of hydrogen-bond acceptors (Lipinski definition) is 4. The summed E-state index contributed by atoms with van der Waals surface area (Å²) in [5.74, 6) is -0.483. The monoisotopic (exact) mass is 335 g/mol. The molecule has 0 aliphatic carbocycles. The van der Waals surface area contributed by atoms with E-state index in [9.17, 15) is 9.18 Å². The molecule has 1 aromatic heterocycles. The van der Waals surface area contributed by atoms with Gasteiger partial charge in [-0.3, -0.25) is 4.79 Å². The zero-order valence-corrected chi connectivity index (χ0v) is 14.3. The van der Waals surface area contributed by atoms with Crippen molar-refractivity contribution in [1.29, 1.82) is 0 Å². The Labute approximate surface area is 139 Å². The highest BCUT2D eigenvalue weighted by atomic mass is 32.1. The molecule has 1 heterocycles. The van der Waals surface area contributed by atoms with Crippen LogP contribution in [0.5, 0.6) is 0 Å². The van der Waals surface area contributed by atoms with Gasteiger partial charge in [-0.05, 0) is 24.5 Å². The van der Waals surface area contributed by atoms with Crippen LogP contribution < -0.4 is 11.1 Å². The van der Waals surface area contributed by atoms with Crippen LogP contribution in [0.25, 0.3) is 0 Å². The third kappa shape index (κ3) is 4.14. The van der Waals surface area contributed by atoms with E-state index in [1.165, 1.54) is 17.4 Å². The lowest BCUT2D eigenvalue weighted by molar-refractivity contribution is 0.0890. The van der Waals surface area contributed by atoms with Gasteiger partial charge in [0.2, 0.25) is 0 Å². The zero-order valence-electron chi connectivity index (χ0n) is 13.4. The van der Waals surface area contributed by atoms with Crippen molar-refractivity contribution in [2.45, 2.75) is 38.6 Å². The van der Waals surface area contributed by atoms with Crippen molar-refractivity contribution < 1.29 is 9.18 Å². The quantitative estimate of drug-likeness (QED) is 0.817. The molecule has 0 saturated heterocycles. The number of halogens is 1. The molecule has 2 rings (SSSR count). The Morgan fingerprint density at radius 2 is 2.04 bits per heavy atom. The summed E-state index contributed by atoms with van der Waals surface area (Å²) < 4.78 is 13.7. The maximum Gasteiger partial charge on any atom is 0.271 e. The molecule has 2 aromatic rings. The van der Waals surface area contributed by atoms with Crippen molar-refractivity contribution in [3.8, 4) is 0 Å². The molecule has 0 fully saturated rings. The molecule has 0 aliphatic heterocycles. The number of aromatic nitrogens is 1. The van der Waals surface area contributed by atoms with Crippen LogP contribution in [0.15, 0.2) is 29.6 Å². The number of amides is 1. The fourth-order valence-electron chi connectivity index (χ4n) is 2.37. The molecule has 0 bridgehead atoms. The second kappa shape index (κ2) is 7.66. The largest absolute Gasteiger partial charge is 0.344 e. The minimum atomic E-state index is -0.396. The lowest BCUT2D eigenvalue weighted by Crippen LogP contribution is -2.52. The summed E-state index contributed by atoms with van der Waals surface area (Å²) in [4.78, 5) is 16.7. The van der Waals surface area contributed by atoms with Gasteiger partial charge in [-0.1, -0.05) is 32.0 Å². The van der Waals surface area contributed by atoms with Gasteiger partial charge in [-0.25, -0.2) is 9.37 Å². The van der Waals surface area contributed by atoms with E-state index in [-0.39, 0.29) is 11.7 Å². The van der Waals surface area contributed by atoms with Gasteiger partial charge in [-0.15, -0.1) is 11.3 Å². The third-order valence-corrected chi connectivity index (χ3v) is 5.06. The van der Waals surface area contributed by atoms with Gasteiger partial charge in [0.05, 0.1) is 10.5 Å². The average molecular weight is 335 g/mol. The molecule has 1 amide bonds. The number of nitrogens with zero attached hydrogens (tertiary/aromatic N) is 1. The molecular formula is C17H22FN3OS. The lowest BCUT2D eigenvalue weighted by Gasteiger charge is -2.31. The minimum absolute atomic E-state index is 0.227. The Hall–Kier alpha value is -1.79. The van der Waals surface area contributed by atoms with Gasteiger partial charge in [0.25, 0.3) is 5.91 Å². The summed E-state index contributed by atoms with van der Waals surface area (Å²) in [6.07, 6.45) is 1.91. The lowest BCUT2D eigenvalue weighted by atomic mass is 9.93. The molecule has 0 unspecified atom stereocenters. The van der Waals surface area contributed by atoms with Crippen LogP contribution in [-0.2, 0) is 6.42 Å². The first-order chi connectivity index (χ1) is 11.0. The van der Waals surface area contributed by atoms with E-state index in [0.29, 0.717) is 29.2 Å². The maximum atomic E-state index is 13.7. The van der Waals surface area contributed by atoms with Gasteiger partial charge >= 0.3 is 0 Å². The molecule has 6 heteroatoms. The number of benzene rings is 1. The third-order valence-electron chi connectivity index (χ3n) is 4.21. The second-order valence-electron chi connectivity index (χ2n) is 5.54. The molecule has 0 radical (unpaired) electrons.